The molecule has 4 heteroatoms. The van der Waals surface area contributed by atoms with Crippen LogP contribution in [0.3, 0.4) is 0 Å². The predicted molar refractivity (Wildman–Crippen MR) is 77.2 cm³/mol. The summed E-state index contributed by atoms with van der Waals surface area (Å²) in [4.78, 5) is 12.2. The van der Waals surface area contributed by atoms with Gasteiger partial charge in [0.05, 0.1) is 19.1 Å². The van der Waals surface area contributed by atoms with E-state index >= 15 is 0 Å². The Bertz CT molecular complexity index is 404. The average Bonchev–Trinajstić information content (AvgIpc) is 2.46. The Morgan fingerprint density at radius 3 is 2.45 bits per heavy atom. The van der Waals surface area contributed by atoms with Gasteiger partial charge >= 0.3 is 5.97 Å². The number of esters is 1. The van der Waals surface area contributed by atoms with E-state index in [1.165, 1.54) is 7.11 Å². The number of aliphatic hydroxyl groups is 1. The molecule has 0 saturated carbocycles. The third kappa shape index (κ3) is 3.81. The van der Waals surface area contributed by atoms with Crippen molar-refractivity contribution in [2.45, 2.75) is 32.3 Å². The third-order valence-corrected chi connectivity index (χ3v) is 3.36. The number of hydrogen-bond donors (Lipinski definition) is 1. The van der Waals surface area contributed by atoms with Crippen LogP contribution in [0.5, 0.6) is 0 Å². The lowest BCUT2D eigenvalue weighted by atomic mass is 9.79. The first-order chi connectivity index (χ1) is 9.60. The highest BCUT2D eigenvalue weighted by Crippen LogP contribution is 2.34. The van der Waals surface area contributed by atoms with Gasteiger partial charge in [-0.2, -0.15) is 0 Å². The van der Waals surface area contributed by atoms with E-state index in [-0.39, 0.29) is 12.6 Å². The lowest BCUT2D eigenvalue weighted by Crippen LogP contribution is -2.44. The molecule has 0 aliphatic rings. The lowest BCUT2D eigenvalue weighted by molar-refractivity contribution is -0.165. The van der Waals surface area contributed by atoms with Gasteiger partial charge in [-0.3, -0.25) is 4.79 Å². The van der Waals surface area contributed by atoms with Crippen LogP contribution in [0.15, 0.2) is 30.3 Å². The van der Waals surface area contributed by atoms with Crippen molar-refractivity contribution in [2.75, 3.05) is 20.3 Å². The smallest absolute Gasteiger partial charge is 0.312 e. The number of ether oxygens (including phenoxy) is 2. The standard InChI is InChI=1S/C16H24O4/c1-4-9-14(15(17)20-5-2)16(18,12-19-3)13-10-7-6-8-11-13/h6-8,10-11,14,18H,4-5,9,12H2,1-3H3. The van der Waals surface area contributed by atoms with E-state index in [0.717, 1.165) is 6.42 Å². The Kier molecular flexibility index (Phi) is 6.68. The minimum atomic E-state index is -1.36. The summed E-state index contributed by atoms with van der Waals surface area (Å²) < 4.78 is 10.3. The molecule has 1 aromatic carbocycles. The fourth-order valence-electron chi connectivity index (χ4n) is 2.42. The molecule has 1 N–H and O–H groups in total. The molecule has 0 aliphatic carbocycles. The van der Waals surface area contributed by atoms with Gasteiger partial charge in [0, 0.05) is 7.11 Å². The minimum absolute atomic E-state index is 0.0560. The first kappa shape index (κ1) is 16.7. The van der Waals surface area contributed by atoms with Crippen molar-refractivity contribution in [1.82, 2.24) is 0 Å². The van der Waals surface area contributed by atoms with E-state index in [2.05, 4.69) is 0 Å². The molecule has 4 nitrogen and oxygen atoms in total. The van der Waals surface area contributed by atoms with Gasteiger partial charge in [-0.25, -0.2) is 0 Å². The van der Waals surface area contributed by atoms with Crippen molar-refractivity contribution in [1.29, 1.82) is 0 Å². The summed E-state index contributed by atoms with van der Waals surface area (Å²) in [5.41, 5.74) is -0.688. The second-order valence-electron chi connectivity index (χ2n) is 4.82. The molecule has 0 heterocycles. The second kappa shape index (κ2) is 8.02. The zero-order valence-corrected chi connectivity index (χ0v) is 12.5. The topological polar surface area (TPSA) is 55.8 Å². The quantitative estimate of drug-likeness (QED) is 0.743. The van der Waals surface area contributed by atoms with E-state index in [9.17, 15) is 9.90 Å². The van der Waals surface area contributed by atoms with Crippen molar-refractivity contribution < 1.29 is 19.4 Å². The van der Waals surface area contributed by atoms with E-state index in [0.29, 0.717) is 18.6 Å². The van der Waals surface area contributed by atoms with Crippen LogP contribution >= 0.6 is 0 Å². The summed E-state index contributed by atoms with van der Waals surface area (Å²) in [5.74, 6) is -1.01. The number of methoxy groups -OCH3 is 1. The van der Waals surface area contributed by atoms with Crippen LogP contribution < -0.4 is 0 Å². The summed E-state index contributed by atoms with van der Waals surface area (Å²) in [6.07, 6.45) is 1.33. The van der Waals surface area contributed by atoms with Crippen LogP contribution in [0, 0.1) is 5.92 Å². The number of hydrogen-bond acceptors (Lipinski definition) is 4. The highest BCUT2D eigenvalue weighted by atomic mass is 16.5. The first-order valence-corrected chi connectivity index (χ1v) is 7.03. The zero-order chi connectivity index (χ0) is 15.0. The molecule has 1 aromatic rings. The lowest BCUT2D eigenvalue weighted by Gasteiger charge is -2.34. The van der Waals surface area contributed by atoms with Crippen LogP contribution in [0.2, 0.25) is 0 Å². The average molecular weight is 280 g/mol. The summed E-state index contributed by atoms with van der Waals surface area (Å²) >= 11 is 0. The van der Waals surface area contributed by atoms with Crippen molar-refractivity contribution in [3.8, 4) is 0 Å². The molecule has 0 saturated heterocycles. The van der Waals surface area contributed by atoms with Crippen LogP contribution in [0.25, 0.3) is 0 Å². The van der Waals surface area contributed by atoms with E-state index < -0.39 is 11.5 Å². The fraction of sp³-hybridized carbons (Fsp3) is 0.562. The maximum absolute atomic E-state index is 12.2. The molecule has 2 atom stereocenters. The fourth-order valence-corrected chi connectivity index (χ4v) is 2.42. The SMILES string of the molecule is CCCC(C(=O)OCC)C(O)(COC)c1ccccc1. The molecular formula is C16H24O4. The molecule has 0 fully saturated rings. The summed E-state index contributed by atoms with van der Waals surface area (Å²) in [5, 5.41) is 11.0. The van der Waals surface area contributed by atoms with Crippen molar-refractivity contribution >= 4 is 5.97 Å². The summed E-state index contributed by atoms with van der Waals surface area (Å²) in [7, 11) is 1.52. The maximum atomic E-state index is 12.2. The van der Waals surface area contributed by atoms with Crippen molar-refractivity contribution in [2.24, 2.45) is 5.92 Å². The Morgan fingerprint density at radius 1 is 1.30 bits per heavy atom. The monoisotopic (exact) mass is 280 g/mol. The maximum Gasteiger partial charge on any atom is 0.312 e. The highest BCUT2D eigenvalue weighted by molar-refractivity contribution is 5.74. The van der Waals surface area contributed by atoms with Gasteiger partial charge in [0.15, 0.2) is 0 Å². The van der Waals surface area contributed by atoms with Gasteiger partial charge in [-0.15, -0.1) is 0 Å². The van der Waals surface area contributed by atoms with Crippen LogP contribution in [-0.2, 0) is 19.9 Å². The molecule has 0 radical (unpaired) electrons. The van der Waals surface area contributed by atoms with Crippen LogP contribution in [0.1, 0.15) is 32.3 Å². The summed E-state index contributed by atoms with van der Waals surface area (Å²) in [6, 6.07) is 9.16. The van der Waals surface area contributed by atoms with Gasteiger partial charge in [0.25, 0.3) is 0 Å². The largest absolute Gasteiger partial charge is 0.466 e. The third-order valence-electron chi connectivity index (χ3n) is 3.36. The van der Waals surface area contributed by atoms with E-state index in [4.69, 9.17) is 9.47 Å². The van der Waals surface area contributed by atoms with Crippen molar-refractivity contribution in [3.63, 3.8) is 0 Å². The highest BCUT2D eigenvalue weighted by Gasteiger charge is 2.43. The van der Waals surface area contributed by atoms with Gasteiger partial charge in [0.2, 0.25) is 0 Å². The number of rotatable bonds is 8. The molecule has 112 valence electrons. The van der Waals surface area contributed by atoms with Gasteiger partial charge < -0.3 is 14.6 Å². The molecule has 0 spiro atoms. The Labute approximate surface area is 120 Å². The van der Waals surface area contributed by atoms with Crippen LogP contribution in [0.4, 0.5) is 0 Å². The first-order valence-electron chi connectivity index (χ1n) is 7.03. The Hall–Kier alpha value is -1.39. The van der Waals surface area contributed by atoms with Gasteiger partial charge in [-0.05, 0) is 18.9 Å². The predicted octanol–water partition coefficient (Wildman–Crippen LogP) is 2.50. The van der Waals surface area contributed by atoms with E-state index in [1.807, 2.05) is 25.1 Å². The normalized spacial score (nSPS) is 15.4. The number of benzene rings is 1. The van der Waals surface area contributed by atoms with E-state index in [1.54, 1.807) is 19.1 Å². The zero-order valence-electron chi connectivity index (χ0n) is 12.5. The number of carbonyl (C=O) groups is 1. The van der Waals surface area contributed by atoms with Crippen molar-refractivity contribution in [3.05, 3.63) is 35.9 Å². The molecular weight excluding hydrogens is 256 g/mol. The second-order valence-corrected chi connectivity index (χ2v) is 4.82. The molecule has 0 aromatic heterocycles. The minimum Gasteiger partial charge on any atom is -0.466 e. The molecule has 20 heavy (non-hydrogen) atoms. The number of carbonyl (C=O) groups excluding carboxylic acids is 1. The molecule has 1 rings (SSSR count). The Morgan fingerprint density at radius 2 is 1.95 bits per heavy atom. The Balaban J connectivity index is 3.15. The molecule has 0 aliphatic heterocycles. The molecule has 2 unspecified atom stereocenters. The molecule has 0 amide bonds. The summed E-state index contributed by atoms with van der Waals surface area (Å²) in [6.45, 7) is 4.10. The van der Waals surface area contributed by atoms with Gasteiger partial charge in [-0.1, -0.05) is 43.7 Å². The van der Waals surface area contributed by atoms with Crippen LogP contribution in [-0.4, -0.2) is 31.4 Å². The van der Waals surface area contributed by atoms with Gasteiger partial charge in [0.1, 0.15) is 5.60 Å². The molecule has 0 bridgehead atoms.